The summed E-state index contributed by atoms with van der Waals surface area (Å²) in [5.41, 5.74) is 7.56. The molecule has 1 fully saturated rings. The summed E-state index contributed by atoms with van der Waals surface area (Å²) < 4.78 is 0. The number of pyridine rings is 1. The van der Waals surface area contributed by atoms with Gasteiger partial charge in [-0.05, 0) is 30.5 Å². The molecule has 1 aliphatic heterocycles. The van der Waals surface area contributed by atoms with Crippen LogP contribution in [0, 0.1) is 22.7 Å². The third-order valence-corrected chi connectivity index (χ3v) is 5.86. The fraction of sp³-hybridized carbons (Fsp3) is 0.417. The molecule has 33 heavy (non-hydrogen) atoms. The van der Waals surface area contributed by atoms with Gasteiger partial charge in [0.05, 0.1) is 17.7 Å². The van der Waals surface area contributed by atoms with Crippen molar-refractivity contribution in [3.8, 4) is 12.1 Å². The molecule has 0 aliphatic carbocycles. The Balaban J connectivity index is 2.06. The van der Waals surface area contributed by atoms with Crippen LogP contribution in [0.25, 0.3) is 0 Å². The molecule has 1 atom stereocenters. The molecular formula is C24H29N7O2. The Hall–Kier alpha value is -3.66. The molecule has 172 valence electrons. The van der Waals surface area contributed by atoms with Crippen LogP contribution in [-0.4, -0.2) is 60.2 Å². The van der Waals surface area contributed by atoms with E-state index in [1.54, 1.807) is 12.1 Å². The predicted octanol–water partition coefficient (Wildman–Crippen LogP) is 1.53. The molecule has 1 aromatic carbocycles. The Bertz CT molecular complexity index is 1060. The van der Waals surface area contributed by atoms with Gasteiger partial charge in [0.15, 0.2) is 0 Å². The van der Waals surface area contributed by atoms with E-state index in [0.29, 0.717) is 48.6 Å². The first-order chi connectivity index (χ1) is 16.0. The zero-order valence-corrected chi connectivity index (χ0v) is 18.8. The SMILES string of the molecule is CCc1c(C#N)c(NC(C(N)=O)c2ccccc2)nc(N2CCCN(CCO)CC2)c1C#N. The van der Waals surface area contributed by atoms with E-state index in [2.05, 4.69) is 22.4 Å². The molecule has 9 heteroatoms. The Kier molecular flexibility index (Phi) is 8.20. The van der Waals surface area contributed by atoms with Gasteiger partial charge in [0.2, 0.25) is 5.91 Å². The number of carbonyl (C=O) groups is 1. The molecule has 0 saturated carbocycles. The maximum Gasteiger partial charge on any atom is 0.244 e. The third kappa shape index (κ3) is 5.40. The second kappa shape index (κ2) is 11.3. The summed E-state index contributed by atoms with van der Waals surface area (Å²) >= 11 is 0. The Morgan fingerprint density at radius 2 is 1.91 bits per heavy atom. The molecule has 2 heterocycles. The summed E-state index contributed by atoms with van der Waals surface area (Å²) in [7, 11) is 0. The van der Waals surface area contributed by atoms with Gasteiger partial charge in [-0.3, -0.25) is 9.69 Å². The van der Waals surface area contributed by atoms with Gasteiger partial charge in [0, 0.05) is 26.2 Å². The number of hydrogen-bond acceptors (Lipinski definition) is 8. The van der Waals surface area contributed by atoms with E-state index in [0.717, 1.165) is 19.5 Å². The number of aliphatic hydroxyl groups excluding tert-OH is 1. The fourth-order valence-corrected chi connectivity index (χ4v) is 4.19. The van der Waals surface area contributed by atoms with Gasteiger partial charge in [-0.25, -0.2) is 4.98 Å². The van der Waals surface area contributed by atoms with Crippen molar-refractivity contribution < 1.29 is 9.90 Å². The van der Waals surface area contributed by atoms with Crippen LogP contribution in [0.2, 0.25) is 0 Å². The number of benzene rings is 1. The first-order valence-corrected chi connectivity index (χ1v) is 11.1. The zero-order chi connectivity index (χ0) is 23.8. The first-order valence-electron chi connectivity index (χ1n) is 11.1. The van der Waals surface area contributed by atoms with Crippen molar-refractivity contribution >= 4 is 17.5 Å². The largest absolute Gasteiger partial charge is 0.395 e. The summed E-state index contributed by atoms with van der Waals surface area (Å²) in [6, 6.07) is 12.6. The van der Waals surface area contributed by atoms with Crippen molar-refractivity contribution in [2.24, 2.45) is 5.73 Å². The maximum atomic E-state index is 12.3. The molecule has 4 N–H and O–H groups in total. The lowest BCUT2D eigenvalue weighted by Crippen LogP contribution is -2.33. The number of carbonyl (C=O) groups excluding carboxylic acids is 1. The topological polar surface area (TPSA) is 142 Å². The Morgan fingerprint density at radius 3 is 2.52 bits per heavy atom. The molecule has 1 aliphatic rings. The van der Waals surface area contributed by atoms with E-state index < -0.39 is 11.9 Å². The number of nitriles is 2. The molecule has 1 unspecified atom stereocenters. The highest BCUT2D eigenvalue weighted by Gasteiger charge is 2.27. The second-order valence-corrected chi connectivity index (χ2v) is 7.89. The van der Waals surface area contributed by atoms with Crippen LogP contribution in [0.3, 0.4) is 0 Å². The van der Waals surface area contributed by atoms with Crippen molar-refractivity contribution in [3.05, 3.63) is 52.6 Å². The molecule has 1 saturated heterocycles. The smallest absolute Gasteiger partial charge is 0.244 e. The second-order valence-electron chi connectivity index (χ2n) is 7.89. The third-order valence-electron chi connectivity index (χ3n) is 5.86. The molecule has 3 rings (SSSR count). The molecule has 9 nitrogen and oxygen atoms in total. The molecule has 2 aromatic rings. The number of amides is 1. The summed E-state index contributed by atoms with van der Waals surface area (Å²) in [6.07, 6.45) is 1.32. The number of hydrogen-bond donors (Lipinski definition) is 3. The lowest BCUT2D eigenvalue weighted by Gasteiger charge is -2.26. The lowest BCUT2D eigenvalue weighted by atomic mass is 9.99. The Labute approximate surface area is 194 Å². The molecule has 0 bridgehead atoms. The minimum atomic E-state index is -0.875. The van der Waals surface area contributed by atoms with Gasteiger partial charge < -0.3 is 21.1 Å². The van der Waals surface area contributed by atoms with Gasteiger partial charge in [0.25, 0.3) is 0 Å². The normalized spacial score (nSPS) is 15.2. The van der Waals surface area contributed by atoms with E-state index >= 15 is 0 Å². The van der Waals surface area contributed by atoms with E-state index in [9.17, 15) is 20.4 Å². The number of nitrogens with zero attached hydrogens (tertiary/aromatic N) is 5. The average molecular weight is 448 g/mol. The lowest BCUT2D eigenvalue weighted by molar-refractivity contribution is -0.118. The number of aliphatic hydroxyl groups is 1. The standard InChI is InChI=1S/C24H29N7O2/c1-2-18-19(15-25)23(28-21(22(27)33)17-7-4-3-5-8-17)29-24(20(18)16-26)31-10-6-9-30(11-12-31)13-14-32/h3-5,7-8,21,32H,2,6,9-14H2,1H3,(H2,27,33)(H,28,29). The van der Waals surface area contributed by atoms with Crippen LogP contribution in [0.1, 0.15) is 41.6 Å². The summed E-state index contributed by atoms with van der Waals surface area (Å²) in [4.78, 5) is 21.2. The van der Waals surface area contributed by atoms with Crippen LogP contribution in [-0.2, 0) is 11.2 Å². The summed E-state index contributed by atoms with van der Waals surface area (Å²) in [6.45, 7) is 5.48. The fourth-order valence-electron chi connectivity index (χ4n) is 4.19. The van der Waals surface area contributed by atoms with Crippen molar-refractivity contribution in [2.75, 3.05) is 49.5 Å². The number of aromatic nitrogens is 1. The quantitative estimate of drug-likeness (QED) is 0.553. The van der Waals surface area contributed by atoms with Crippen molar-refractivity contribution in [1.82, 2.24) is 9.88 Å². The van der Waals surface area contributed by atoms with Crippen molar-refractivity contribution in [2.45, 2.75) is 25.8 Å². The van der Waals surface area contributed by atoms with Crippen LogP contribution in [0.4, 0.5) is 11.6 Å². The van der Waals surface area contributed by atoms with Crippen LogP contribution in [0.15, 0.2) is 30.3 Å². The van der Waals surface area contributed by atoms with Gasteiger partial charge >= 0.3 is 0 Å². The summed E-state index contributed by atoms with van der Waals surface area (Å²) in [5, 5.41) is 32.2. The van der Waals surface area contributed by atoms with Crippen LogP contribution in [0.5, 0.6) is 0 Å². The van der Waals surface area contributed by atoms with E-state index in [-0.39, 0.29) is 18.0 Å². The monoisotopic (exact) mass is 447 g/mol. The number of anilines is 2. The number of nitrogens with two attached hydrogens (primary N) is 1. The molecular weight excluding hydrogens is 418 g/mol. The molecule has 0 spiro atoms. The maximum absolute atomic E-state index is 12.3. The number of nitrogens with one attached hydrogen (secondary N) is 1. The van der Waals surface area contributed by atoms with Gasteiger partial charge in [-0.2, -0.15) is 10.5 Å². The minimum Gasteiger partial charge on any atom is -0.395 e. The highest BCUT2D eigenvalue weighted by molar-refractivity contribution is 5.85. The number of primary amides is 1. The van der Waals surface area contributed by atoms with E-state index in [4.69, 9.17) is 10.7 Å². The van der Waals surface area contributed by atoms with Gasteiger partial charge in [0.1, 0.15) is 29.8 Å². The molecule has 1 amide bonds. The van der Waals surface area contributed by atoms with Gasteiger partial charge in [-0.1, -0.05) is 37.3 Å². The Morgan fingerprint density at radius 1 is 1.18 bits per heavy atom. The molecule has 1 aromatic heterocycles. The summed E-state index contributed by atoms with van der Waals surface area (Å²) in [5.74, 6) is 0.149. The minimum absolute atomic E-state index is 0.0978. The van der Waals surface area contributed by atoms with Crippen LogP contribution < -0.4 is 16.0 Å². The van der Waals surface area contributed by atoms with E-state index in [1.807, 2.05) is 30.0 Å². The van der Waals surface area contributed by atoms with Crippen molar-refractivity contribution in [3.63, 3.8) is 0 Å². The highest BCUT2D eigenvalue weighted by Crippen LogP contribution is 2.32. The van der Waals surface area contributed by atoms with Gasteiger partial charge in [-0.15, -0.1) is 0 Å². The van der Waals surface area contributed by atoms with Crippen molar-refractivity contribution in [1.29, 1.82) is 10.5 Å². The average Bonchev–Trinajstić information content (AvgIpc) is 3.07. The number of β-amino-alcohol motifs (C(OH)–C–C–N with tert-alkyl or cyclic N) is 1. The first kappa shape index (κ1) is 24.0. The highest BCUT2D eigenvalue weighted by atomic mass is 16.3. The van der Waals surface area contributed by atoms with E-state index in [1.165, 1.54) is 0 Å². The molecule has 0 radical (unpaired) electrons. The predicted molar refractivity (Wildman–Crippen MR) is 125 cm³/mol. The number of rotatable bonds is 8. The zero-order valence-electron chi connectivity index (χ0n) is 18.8. The van der Waals surface area contributed by atoms with Crippen LogP contribution >= 0.6 is 0 Å².